The maximum absolute atomic E-state index is 6.40. The lowest BCUT2D eigenvalue weighted by molar-refractivity contribution is 0.784. The van der Waals surface area contributed by atoms with E-state index in [0.717, 1.165) is 21.6 Å². The highest BCUT2D eigenvalue weighted by atomic mass is 35.5. The summed E-state index contributed by atoms with van der Waals surface area (Å²) in [5.74, 6) is 0. The van der Waals surface area contributed by atoms with Gasteiger partial charge in [-0.05, 0) is 32.0 Å². The fraction of sp³-hybridized carbons (Fsp3) is 0.200. The average molecular weight is 274 g/mol. The van der Waals surface area contributed by atoms with Crippen LogP contribution in [0.2, 0.25) is 5.02 Å². The third kappa shape index (κ3) is 2.10. The van der Waals surface area contributed by atoms with Crippen LogP contribution in [0.4, 0.5) is 0 Å². The molecule has 2 N–H and O–H groups in total. The number of hydrogen-bond acceptors (Lipinski definition) is 1. The van der Waals surface area contributed by atoms with Gasteiger partial charge < -0.3 is 10.4 Å². The Bertz CT molecular complexity index is 705. The molecule has 0 spiro atoms. The Balaban J connectivity index is 1.88. The molecule has 2 heterocycles. The average Bonchev–Trinajstić information content (AvgIpc) is 2.90. The van der Waals surface area contributed by atoms with E-state index < -0.39 is 0 Å². The van der Waals surface area contributed by atoms with Crippen molar-refractivity contribution in [2.75, 3.05) is 5.43 Å². The Kier molecular flexibility index (Phi) is 2.99. The lowest BCUT2D eigenvalue weighted by Crippen LogP contribution is -2.17. The molecule has 0 unspecified atom stereocenters. The molecule has 2 aromatic heterocycles. The molecule has 0 fully saturated rings. The largest absolute Gasteiger partial charge is 0.356 e. The number of benzene rings is 1. The molecule has 0 saturated heterocycles. The Morgan fingerprint density at radius 3 is 2.47 bits per heavy atom. The molecule has 0 bridgehead atoms. The molecule has 0 saturated carbocycles. The molecule has 0 radical (unpaired) electrons. The van der Waals surface area contributed by atoms with Crippen molar-refractivity contribution >= 4 is 22.5 Å². The van der Waals surface area contributed by atoms with Gasteiger partial charge in [0.05, 0.1) is 17.3 Å². The monoisotopic (exact) mass is 273 g/mol. The number of rotatable bonds is 3. The molecule has 0 aliphatic rings. The first kappa shape index (κ1) is 12.2. The van der Waals surface area contributed by atoms with Gasteiger partial charge in [-0.2, -0.15) is 0 Å². The topological polar surface area (TPSA) is 32.8 Å². The molecule has 0 aliphatic heterocycles. The van der Waals surface area contributed by atoms with Crippen LogP contribution in [0.25, 0.3) is 10.9 Å². The SMILES string of the molecule is Cc1ccc(C)n1NCc1[nH]c2ccccc2c1Cl. The Morgan fingerprint density at radius 2 is 1.79 bits per heavy atom. The highest BCUT2D eigenvalue weighted by molar-refractivity contribution is 6.36. The minimum absolute atomic E-state index is 0.671. The van der Waals surface area contributed by atoms with Crippen molar-refractivity contribution in [2.45, 2.75) is 20.4 Å². The van der Waals surface area contributed by atoms with E-state index in [9.17, 15) is 0 Å². The lowest BCUT2D eigenvalue weighted by Gasteiger charge is -2.12. The van der Waals surface area contributed by atoms with Crippen LogP contribution in [0.1, 0.15) is 17.1 Å². The van der Waals surface area contributed by atoms with Gasteiger partial charge in [0.25, 0.3) is 0 Å². The second kappa shape index (κ2) is 4.67. The molecule has 3 rings (SSSR count). The Labute approximate surface area is 117 Å². The minimum atomic E-state index is 0.671. The number of nitrogens with one attached hydrogen (secondary N) is 2. The van der Waals surface area contributed by atoms with Crippen molar-refractivity contribution in [3.63, 3.8) is 0 Å². The van der Waals surface area contributed by atoms with Gasteiger partial charge in [0.2, 0.25) is 0 Å². The van der Waals surface area contributed by atoms with Crippen LogP contribution in [0.3, 0.4) is 0 Å². The van der Waals surface area contributed by atoms with Crippen LogP contribution in [0, 0.1) is 13.8 Å². The number of para-hydroxylation sites is 1. The van der Waals surface area contributed by atoms with Crippen molar-refractivity contribution in [3.05, 3.63) is 58.5 Å². The van der Waals surface area contributed by atoms with Crippen LogP contribution in [0.5, 0.6) is 0 Å². The van der Waals surface area contributed by atoms with E-state index in [0.29, 0.717) is 6.54 Å². The number of aromatic amines is 1. The van der Waals surface area contributed by atoms with Gasteiger partial charge in [0.15, 0.2) is 0 Å². The molecule has 3 aromatic rings. The maximum Gasteiger partial charge on any atom is 0.0729 e. The molecular formula is C15H16ClN3. The number of fused-ring (bicyclic) bond motifs is 1. The highest BCUT2D eigenvalue weighted by Crippen LogP contribution is 2.27. The van der Waals surface area contributed by atoms with Crippen molar-refractivity contribution < 1.29 is 0 Å². The summed E-state index contributed by atoms with van der Waals surface area (Å²) in [5, 5.41) is 1.87. The summed E-state index contributed by atoms with van der Waals surface area (Å²) >= 11 is 6.40. The first-order chi connectivity index (χ1) is 9.16. The summed E-state index contributed by atoms with van der Waals surface area (Å²) in [6, 6.07) is 12.3. The molecule has 0 atom stereocenters. The summed E-state index contributed by atoms with van der Waals surface area (Å²) in [6.45, 7) is 4.82. The van der Waals surface area contributed by atoms with Gasteiger partial charge in [-0.1, -0.05) is 29.8 Å². The summed E-state index contributed by atoms with van der Waals surface area (Å²) < 4.78 is 2.07. The van der Waals surface area contributed by atoms with E-state index in [4.69, 9.17) is 11.6 Å². The predicted molar refractivity (Wildman–Crippen MR) is 80.3 cm³/mol. The van der Waals surface area contributed by atoms with Crippen LogP contribution in [0.15, 0.2) is 36.4 Å². The van der Waals surface area contributed by atoms with Crippen molar-refractivity contribution in [1.82, 2.24) is 9.66 Å². The van der Waals surface area contributed by atoms with Gasteiger partial charge in [0, 0.05) is 22.3 Å². The number of nitrogens with zero attached hydrogens (tertiary/aromatic N) is 1. The van der Waals surface area contributed by atoms with Gasteiger partial charge in [0.1, 0.15) is 0 Å². The number of hydrogen-bond donors (Lipinski definition) is 2. The third-order valence-corrected chi connectivity index (χ3v) is 3.83. The first-order valence-electron chi connectivity index (χ1n) is 6.30. The Morgan fingerprint density at radius 1 is 1.11 bits per heavy atom. The van der Waals surface area contributed by atoms with Gasteiger partial charge in [-0.3, -0.25) is 4.68 Å². The fourth-order valence-electron chi connectivity index (χ4n) is 2.36. The summed E-state index contributed by atoms with van der Waals surface area (Å²) in [7, 11) is 0. The van der Waals surface area contributed by atoms with Crippen LogP contribution in [-0.4, -0.2) is 9.66 Å². The second-order valence-corrected chi connectivity index (χ2v) is 5.13. The standard InChI is InChI=1S/C15H16ClN3/c1-10-7-8-11(2)19(10)17-9-14-15(16)12-5-3-4-6-13(12)18-14/h3-8,17-18H,9H2,1-2H3. The molecule has 0 amide bonds. The molecule has 98 valence electrons. The normalized spacial score (nSPS) is 11.1. The van der Waals surface area contributed by atoms with E-state index >= 15 is 0 Å². The van der Waals surface area contributed by atoms with E-state index in [-0.39, 0.29) is 0 Å². The van der Waals surface area contributed by atoms with Gasteiger partial charge in [-0.25, -0.2) is 0 Å². The van der Waals surface area contributed by atoms with Gasteiger partial charge >= 0.3 is 0 Å². The fourth-order valence-corrected chi connectivity index (χ4v) is 2.64. The van der Waals surface area contributed by atoms with Crippen LogP contribution in [-0.2, 0) is 6.54 Å². The van der Waals surface area contributed by atoms with Crippen molar-refractivity contribution in [2.24, 2.45) is 0 Å². The van der Waals surface area contributed by atoms with Crippen molar-refractivity contribution in [1.29, 1.82) is 0 Å². The first-order valence-corrected chi connectivity index (χ1v) is 6.68. The maximum atomic E-state index is 6.40. The Hall–Kier alpha value is -1.87. The molecule has 1 aromatic carbocycles. The van der Waals surface area contributed by atoms with E-state index in [1.807, 2.05) is 24.3 Å². The number of halogens is 1. The molecular weight excluding hydrogens is 258 g/mol. The molecule has 3 nitrogen and oxygen atoms in total. The number of aryl methyl sites for hydroxylation is 2. The van der Waals surface area contributed by atoms with Crippen molar-refractivity contribution in [3.8, 4) is 0 Å². The predicted octanol–water partition coefficient (Wildman–Crippen LogP) is 3.98. The van der Waals surface area contributed by atoms with Crippen LogP contribution < -0.4 is 5.43 Å². The summed E-state index contributed by atoms with van der Waals surface area (Å²) in [5.41, 5.74) is 7.83. The minimum Gasteiger partial charge on any atom is -0.356 e. The zero-order valence-electron chi connectivity index (χ0n) is 11.0. The summed E-state index contributed by atoms with van der Waals surface area (Å²) in [4.78, 5) is 3.36. The van der Waals surface area contributed by atoms with E-state index in [1.165, 1.54) is 11.4 Å². The molecule has 19 heavy (non-hydrogen) atoms. The zero-order valence-corrected chi connectivity index (χ0v) is 11.8. The number of aromatic nitrogens is 2. The van der Waals surface area contributed by atoms with E-state index in [2.05, 4.69) is 41.1 Å². The number of H-pyrrole nitrogens is 1. The third-order valence-electron chi connectivity index (χ3n) is 3.40. The second-order valence-electron chi connectivity index (χ2n) is 4.75. The lowest BCUT2D eigenvalue weighted by atomic mass is 10.2. The summed E-state index contributed by atoms with van der Waals surface area (Å²) in [6.07, 6.45) is 0. The molecule has 4 heteroatoms. The van der Waals surface area contributed by atoms with E-state index in [1.54, 1.807) is 0 Å². The smallest absolute Gasteiger partial charge is 0.0729 e. The zero-order chi connectivity index (χ0) is 13.4. The van der Waals surface area contributed by atoms with Gasteiger partial charge in [-0.15, -0.1) is 0 Å². The van der Waals surface area contributed by atoms with Crippen LogP contribution >= 0.6 is 11.6 Å². The molecule has 0 aliphatic carbocycles. The highest BCUT2D eigenvalue weighted by Gasteiger charge is 2.09. The quantitative estimate of drug-likeness (QED) is 0.743.